The summed E-state index contributed by atoms with van der Waals surface area (Å²) in [5.74, 6) is 1.45. The fourth-order valence-corrected chi connectivity index (χ4v) is 2.17. The minimum absolute atomic E-state index is 0. The number of nitrogens with zero attached hydrogens (tertiary/aromatic N) is 3. The van der Waals surface area contributed by atoms with Gasteiger partial charge in [0.15, 0.2) is 5.82 Å². The molecule has 1 aromatic heterocycles. The molecule has 1 aliphatic heterocycles. The molecule has 116 valence electrons. The monoisotopic (exact) mass is 310 g/mol. The Bertz CT molecular complexity index is 504. The second-order valence-corrected chi connectivity index (χ2v) is 4.91. The van der Waals surface area contributed by atoms with Gasteiger partial charge in [-0.3, -0.25) is 10.2 Å². The summed E-state index contributed by atoms with van der Waals surface area (Å²) in [5, 5.41) is 1.53. The maximum absolute atomic E-state index is 12.0. The van der Waals surface area contributed by atoms with Crippen LogP contribution >= 0.6 is 12.4 Å². The predicted octanol–water partition coefficient (Wildman–Crippen LogP) is 3.77. The lowest BCUT2D eigenvalue weighted by Crippen LogP contribution is -2.48. The van der Waals surface area contributed by atoms with E-state index in [1.54, 1.807) is 6.20 Å². The third kappa shape index (κ3) is 4.43. The number of carbonyl (C=O) groups excluding carboxylic acids is 1. The van der Waals surface area contributed by atoms with Crippen molar-refractivity contribution in [3.63, 3.8) is 0 Å². The number of fused-ring (bicyclic) bond motifs is 1. The van der Waals surface area contributed by atoms with Gasteiger partial charge in [0.25, 0.3) is 0 Å². The van der Waals surface area contributed by atoms with Crippen LogP contribution in [0.25, 0.3) is 0 Å². The highest BCUT2D eigenvalue weighted by Crippen LogP contribution is 2.28. The van der Waals surface area contributed by atoms with E-state index in [9.17, 15) is 4.79 Å². The molecule has 0 spiro atoms. The molecule has 1 aliphatic rings. The number of unbranched alkanes of at least 4 members (excludes halogenated alkanes) is 3. The average molecular weight is 311 g/mol. The van der Waals surface area contributed by atoms with Gasteiger partial charge in [-0.25, -0.2) is 15.0 Å². The standard InChI is InChI=1S/C15H22N4O.ClH/c1-3-5-6-7-10-13-17-12-9-8-11-16-15(12)19(18-13)14(20)4-2;/h8-9,11H,3-7,10H2,1-2H3,(H,17,18);1H. The Kier molecular flexibility index (Phi) is 7.15. The molecular formula is C15H23ClN4O. The van der Waals surface area contributed by atoms with E-state index in [4.69, 9.17) is 0 Å². The number of carbonyl (C=O) groups is 1. The smallest absolute Gasteiger partial charge is 0.246 e. The number of pyridine rings is 1. The summed E-state index contributed by atoms with van der Waals surface area (Å²) in [6.07, 6.45) is 7.71. The molecule has 0 aliphatic carbocycles. The highest BCUT2D eigenvalue weighted by molar-refractivity contribution is 6.02. The molecule has 1 aromatic rings. The first kappa shape index (κ1) is 17.4. The lowest BCUT2D eigenvalue weighted by Gasteiger charge is -2.28. The van der Waals surface area contributed by atoms with Crippen LogP contribution in [0.2, 0.25) is 0 Å². The molecule has 0 radical (unpaired) electrons. The van der Waals surface area contributed by atoms with E-state index in [2.05, 4.69) is 22.3 Å². The normalized spacial score (nSPS) is 12.9. The van der Waals surface area contributed by atoms with E-state index in [1.807, 2.05) is 19.1 Å². The van der Waals surface area contributed by atoms with E-state index < -0.39 is 0 Å². The van der Waals surface area contributed by atoms with Crippen LogP contribution in [0.3, 0.4) is 0 Å². The zero-order valence-corrected chi connectivity index (χ0v) is 13.4. The number of hydrogen-bond acceptors (Lipinski definition) is 4. The van der Waals surface area contributed by atoms with Gasteiger partial charge >= 0.3 is 0 Å². The first-order valence-electron chi connectivity index (χ1n) is 7.38. The number of amides is 1. The van der Waals surface area contributed by atoms with Crippen molar-refractivity contribution in [1.29, 1.82) is 0 Å². The van der Waals surface area contributed by atoms with Crippen molar-refractivity contribution in [2.45, 2.75) is 52.4 Å². The number of hydrazine groups is 1. The van der Waals surface area contributed by atoms with Crippen LogP contribution in [-0.4, -0.2) is 16.7 Å². The van der Waals surface area contributed by atoms with E-state index in [0.29, 0.717) is 12.2 Å². The first-order valence-corrected chi connectivity index (χ1v) is 7.38. The van der Waals surface area contributed by atoms with Crippen molar-refractivity contribution in [3.05, 3.63) is 18.3 Å². The van der Waals surface area contributed by atoms with Crippen LogP contribution in [0.15, 0.2) is 23.3 Å². The van der Waals surface area contributed by atoms with Crippen LogP contribution in [-0.2, 0) is 4.79 Å². The summed E-state index contributed by atoms with van der Waals surface area (Å²) in [6.45, 7) is 4.04. The predicted molar refractivity (Wildman–Crippen MR) is 88.3 cm³/mol. The largest absolute Gasteiger partial charge is 0.277 e. The van der Waals surface area contributed by atoms with E-state index >= 15 is 0 Å². The molecule has 0 bridgehead atoms. The van der Waals surface area contributed by atoms with Crippen LogP contribution in [0.5, 0.6) is 0 Å². The number of hydrogen-bond donors (Lipinski definition) is 1. The topological polar surface area (TPSA) is 57.6 Å². The van der Waals surface area contributed by atoms with Crippen LogP contribution in [0.4, 0.5) is 11.5 Å². The molecule has 1 N–H and O–H groups in total. The van der Waals surface area contributed by atoms with Crippen molar-refractivity contribution >= 4 is 35.7 Å². The number of aliphatic imine (C=N–C) groups is 1. The lowest BCUT2D eigenvalue weighted by atomic mass is 10.1. The molecule has 0 atom stereocenters. The number of amidine groups is 1. The van der Waals surface area contributed by atoms with Crippen molar-refractivity contribution in [1.82, 2.24) is 10.4 Å². The summed E-state index contributed by atoms with van der Waals surface area (Å²) in [4.78, 5) is 20.8. The molecule has 0 fully saturated rings. The second-order valence-electron chi connectivity index (χ2n) is 4.91. The summed E-state index contributed by atoms with van der Waals surface area (Å²) in [6, 6.07) is 3.74. The maximum atomic E-state index is 12.0. The summed E-state index contributed by atoms with van der Waals surface area (Å²) >= 11 is 0. The van der Waals surface area contributed by atoms with Gasteiger partial charge in [-0.2, -0.15) is 0 Å². The Morgan fingerprint density at radius 1 is 1.29 bits per heavy atom. The Hall–Kier alpha value is -1.62. The Morgan fingerprint density at radius 3 is 2.81 bits per heavy atom. The molecule has 1 amide bonds. The maximum Gasteiger partial charge on any atom is 0.246 e. The highest BCUT2D eigenvalue weighted by Gasteiger charge is 2.24. The lowest BCUT2D eigenvalue weighted by molar-refractivity contribution is -0.118. The molecule has 5 nitrogen and oxygen atoms in total. The first-order chi connectivity index (χ1) is 9.76. The number of aromatic nitrogens is 1. The minimum Gasteiger partial charge on any atom is -0.277 e. The quantitative estimate of drug-likeness (QED) is 0.814. The molecule has 0 aromatic carbocycles. The highest BCUT2D eigenvalue weighted by atomic mass is 35.5. The van der Waals surface area contributed by atoms with Gasteiger partial charge in [-0.1, -0.05) is 33.1 Å². The molecule has 0 unspecified atom stereocenters. The van der Waals surface area contributed by atoms with Crippen LogP contribution in [0, 0.1) is 0 Å². The minimum atomic E-state index is 0. The van der Waals surface area contributed by atoms with E-state index in [1.165, 1.54) is 24.3 Å². The molecule has 2 heterocycles. The number of halogens is 1. The molecule has 6 heteroatoms. The summed E-state index contributed by atoms with van der Waals surface area (Å²) in [5.41, 5.74) is 3.87. The zero-order valence-electron chi connectivity index (χ0n) is 12.6. The van der Waals surface area contributed by atoms with Crippen LogP contribution < -0.4 is 10.4 Å². The van der Waals surface area contributed by atoms with Gasteiger partial charge in [0.05, 0.1) is 0 Å². The molecule has 21 heavy (non-hydrogen) atoms. The van der Waals surface area contributed by atoms with Gasteiger partial charge in [-0.05, 0) is 18.6 Å². The average Bonchev–Trinajstić information content (AvgIpc) is 2.50. The van der Waals surface area contributed by atoms with Crippen LogP contribution in [0.1, 0.15) is 52.4 Å². The zero-order chi connectivity index (χ0) is 14.4. The molecule has 0 saturated carbocycles. The van der Waals surface area contributed by atoms with Gasteiger partial charge in [0, 0.05) is 19.0 Å². The fourth-order valence-electron chi connectivity index (χ4n) is 2.17. The summed E-state index contributed by atoms with van der Waals surface area (Å²) in [7, 11) is 0. The second kappa shape index (κ2) is 8.62. The number of nitrogens with one attached hydrogen (secondary N) is 1. The van der Waals surface area contributed by atoms with E-state index in [0.717, 1.165) is 24.4 Å². The van der Waals surface area contributed by atoms with Crippen molar-refractivity contribution < 1.29 is 4.79 Å². The summed E-state index contributed by atoms with van der Waals surface area (Å²) < 4.78 is 0. The van der Waals surface area contributed by atoms with Gasteiger partial charge < -0.3 is 0 Å². The van der Waals surface area contributed by atoms with Crippen molar-refractivity contribution in [2.75, 3.05) is 5.01 Å². The van der Waals surface area contributed by atoms with Crippen molar-refractivity contribution in [3.8, 4) is 0 Å². The molecular weight excluding hydrogens is 288 g/mol. The van der Waals surface area contributed by atoms with Gasteiger partial charge in [0.1, 0.15) is 11.5 Å². The third-order valence-electron chi connectivity index (χ3n) is 3.29. The Morgan fingerprint density at radius 2 is 2.10 bits per heavy atom. The molecule has 2 rings (SSSR count). The third-order valence-corrected chi connectivity index (χ3v) is 3.29. The van der Waals surface area contributed by atoms with Gasteiger partial charge in [0.2, 0.25) is 5.91 Å². The fraction of sp³-hybridized carbons (Fsp3) is 0.533. The number of rotatable bonds is 6. The number of anilines is 1. The van der Waals surface area contributed by atoms with E-state index in [-0.39, 0.29) is 18.3 Å². The Labute approximate surface area is 132 Å². The van der Waals surface area contributed by atoms with Crippen molar-refractivity contribution in [2.24, 2.45) is 4.99 Å². The van der Waals surface area contributed by atoms with Gasteiger partial charge in [-0.15, -0.1) is 12.4 Å². The Balaban J connectivity index is 0.00000220. The SMILES string of the molecule is CCCCCCC1=Nc2cccnc2N(C(=O)CC)N1.Cl. The molecule has 0 saturated heterocycles.